The van der Waals surface area contributed by atoms with E-state index in [9.17, 15) is 4.79 Å². The maximum atomic E-state index is 10.7. The van der Waals surface area contributed by atoms with Crippen molar-refractivity contribution in [3.63, 3.8) is 0 Å². The van der Waals surface area contributed by atoms with Crippen molar-refractivity contribution in [1.82, 2.24) is 14.9 Å². The number of amides is 1. The highest BCUT2D eigenvalue weighted by molar-refractivity contribution is 6.27. The highest BCUT2D eigenvalue weighted by atomic mass is 35.5. The summed E-state index contributed by atoms with van der Waals surface area (Å²) in [5.41, 5.74) is 0.970. The Morgan fingerprint density at radius 2 is 2.54 bits per heavy atom. The molecule has 1 aromatic heterocycles. The summed E-state index contributed by atoms with van der Waals surface area (Å²) < 4.78 is 1.87. The fourth-order valence-electron chi connectivity index (χ4n) is 0.973. The summed E-state index contributed by atoms with van der Waals surface area (Å²) in [5, 5.41) is 2.67. The number of alkyl halides is 1. The molecule has 0 radical (unpaired) electrons. The van der Waals surface area contributed by atoms with Gasteiger partial charge in [0.05, 0.1) is 12.0 Å². The molecule has 0 aliphatic carbocycles. The maximum Gasteiger partial charge on any atom is 0.234 e. The standard InChI is InChI=1S/C8H12ClN3O/c1-12-5-7(11-6-12)2-3-10-8(13)4-9/h5-6H,2-4H2,1H3,(H,10,13). The predicted octanol–water partition coefficient (Wildman–Crippen LogP) is 0.318. The van der Waals surface area contributed by atoms with Crippen molar-refractivity contribution in [1.29, 1.82) is 0 Å². The van der Waals surface area contributed by atoms with Crippen LogP contribution >= 0.6 is 11.6 Å². The van der Waals surface area contributed by atoms with E-state index in [1.54, 1.807) is 6.33 Å². The first-order chi connectivity index (χ1) is 6.22. The van der Waals surface area contributed by atoms with Gasteiger partial charge in [0, 0.05) is 26.2 Å². The van der Waals surface area contributed by atoms with Crippen LogP contribution in [0.3, 0.4) is 0 Å². The third kappa shape index (κ3) is 3.46. The van der Waals surface area contributed by atoms with Gasteiger partial charge in [-0.1, -0.05) is 0 Å². The molecule has 1 N–H and O–H groups in total. The second-order valence-electron chi connectivity index (χ2n) is 2.76. The van der Waals surface area contributed by atoms with E-state index in [1.165, 1.54) is 0 Å². The average Bonchev–Trinajstić information content (AvgIpc) is 2.51. The minimum Gasteiger partial charge on any atom is -0.355 e. The van der Waals surface area contributed by atoms with E-state index in [0.717, 1.165) is 12.1 Å². The molecule has 0 spiro atoms. The number of carbonyl (C=O) groups is 1. The lowest BCUT2D eigenvalue weighted by atomic mass is 10.3. The molecule has 1 rings (SSSR count). The van der Waals surface area contributed by atoms with Crippen LogP contribution in [-0.2, 0) is 18.3 Å². The van der Waals surface area contributed by atoms with E-state index in [0.29, 0.717) is 6.54 Å². The summed E-state index contributed by atoms with van der Waals surface area (Å²) in [4.78, 5) is 14.9. The zero-order valence-electron chi connectivity index (χ0n) is 7.46. The average molecular weight is 202 g/mol. The minimum absolute atomic E-state index is 0.0161. The van der Waals surface area contributed by atoms with Gasteiger partial charge in [0.25, 0.3) is 0 Å². The molecule has 1 aromatic rings. The van der Waals surface area contributed by atoms with E-state index in [1.807, 2.05) is 17.8 Å². The SMILES string of the molecule is Cn1cnc(CCNC(=O)CCl)c1. The fourth-order valence-corrected chi connectivity index (χ4v) is 1.07. The summed E-state index contributed by atoms with van der Waals surface area (Å²) in [7, 11) is 1.91. The molecule has 1 amide bonds. The van der Waals surface area contributed by atoms with Crippen LogP contribution in [0.5, 0.6) is 0 Å². The lowest BCUT2D eigenvalue weighted by Gasteiger charge is -1.99. The van der Waals surface area contributed by atoms with Crippen LogP contribution in [0.15, 0.2) is 12.5 Å². The van der Waals surface area contributed by atoms with Gasteiger partial charge in [0.1, 0.15) is 5.88 Å². The quantitative estimate of drug-likeness (QED) is 0.714. The molecule has 5 heteroatoms. The number of aromatic nitrogens is 2. The molecule has 0 bridgehead atoms. The van der Waals surface area contributed by atoms with Gasteiger partial charge in [-0.25, -0.2) is 4.98 Å². The fraction of sp³-hybridized carbons (Fsp3) is 0.500. The summed E-state index contributed by atoms with van der Waals surface area (Å²) in [6.07, 6.45) is 4.40. The molecule has 0 aromatic carbocycles. The summed E-state index contributed by atoms with van der Waals surface area (Å²) >= 11 is 5.31. The molecule has 0 aliphatic heterocycles. The molecule has 0 saturated carbocycles. The number of hydrogen-bond acceptors (Lipinski definition) is 2. The largest absolute Gasteiger partial charge is 0.355 e. The van der Waals surface area contributed by atoms with E-state index >= 15 is 0 Å². The van der Waals surface area contributed by atoms with Gasteiger partial charge >= 0.3 is 0 Å². The number of nitrogens with zero attached hydrogens (tertiary/aromatic N) is 2. The zero-order valence-corrected chi connectivity index (χ0v) is 8.21. The van der Waals surface area contributed by atoms with Crippen molar-refractivity contribution in [2.45, 2.75) is 6.42 Å². The second kappa shape index (κ2) is 4.87. The maximum absolute atomic E-state index is 10.7. The van der Waals surface area contributed by atoms with Crippen LogP contribution in [0.2, 0.25) is 0 Å². The van der Waals surface area contributed by atoms with Crippen LogP contribution in [0.25, 0.3) is 0 Å². The molecule has 1 heterocycles. The number of nitrogens with one attached hydrogen (secondary N) is 1. The molecule has 4 nitrogen and oxygen atoms in total. The Morgan fingerprint density at radius 3 is 3.08 bits per heavy atom. The number of imidazole rings is 1. The summed E-state index contributed by atoms with van der Waals surface area (Å²) in [6, 6.07) is 0. The van der Waals surface area contributed by atoms with Gasteiger partial charge in [-0.15, -0.1) is 11.6 Å². The molecule has 0 saturated heterocycles. The predicted molar refractivity (Wildman–Crippen MR) is 50.6 cm³/mol. The molecule has 0 atom stereocenters. The zero-order chi connectivity index (χ0) is 9.68. The third-order valence-corrected chi connectivity index (χ3v) is 1.83. The van der Waals surface area contributed by atoms with Crippen LogP contribution in [-0.4, -0.2) is 27.9 Å². The van der Waals surface area contributed by atoms with Crippen LogP contribution < -0.4 is 5.32 Å². The molecule has 0 fully saturated rings. The third-order valence-electron chi connectivity index (χ3n) is 1.58. The molecule has 72 valence electrons. The Bertz CT molecular complexity index is 285. The van der Waals surface area contributed by atoms with Crippen molar-refractivity contribution >= 4 is 17.5 Å². The molecule has 0 unspecified atom stereocenters. The molecular formula is C8H12ClN3O. The Kier molecular flexibility index (Phi) is 3.76. The highest BCUT2D eigenvalue weighted by Crippen LogP contribution is 1.93. The Hall–Kier alpha value is -1.03. The van der Waals surface area contributed by atoms with E-state index in [4.69, 9.17) is 11.6 Å². The first-order valence-corrected chi connectivity index (χ1v) is 4.55. The Labute approximate surface area is 81.9 Å². The lowest BCUT2D eigenvalue weighted by molar-refractivity contribution is -0.118. The monoisotopic (exact) mass is 201 g/mol. The highest BCUT2D eigenvalue weighted by Gasteiger charge is 1.99. The summed E-state index contributed by atoms with van der Waals surface area (Å²) in [5.74, 6) is -0.125. The Morgan fingerprint density at radius 1 is 1.77 bits per heavy atom. The van der Waals surface area contributed by atoms with Gasteiger partial charge < -0.3 is 9.88 Å². The first-order valence-electron chi connectivity index (χ1n) is 4.02. The molecule has 0 aliphatic rings. The number of halogens is 1. The van der Waals surface area contributed by atoms with E-state index in [2.05, 4.69) is 10.3 Å². The van der Waals surface area contributed by atoms with E-state index in [-0.39, 0.29) is 11.8 Å². The number of hydrogen-bond donors (Lipinski definition) is 1. The number of aryl methyl sites for hydroxylation is 1. The van der Waals surface area contributed by atoms with Gasteiger partial charge in [-0.05, 0) is 0 Å². The summed E-state index contributed by atoms with van der Waals surface area (Å²) in [6.45, 7) is 0.586. The second-order valence-corrected chi connectivity index (χ2v) is 3.03. The molecular weight excluding hydrogens is 190 g/mol. The molecule has 13 heavy (non-hydrogen) atoms. The number of carbonyl (C=O) groups excluding carboxylic acids is 1. The van der Waals surface area contributed by atoms with Gasteiger partial charge in [-0.3, -0.25) is 4.79 Å². The topological polar surface area (TPSA) is 46.9 Å². The van der Waals surface area contributed by atoms with Crippen LogP contribution in [0.1, 0.15) is 5.69 Å². The van der Waals surface area contributed by atoms with E-state index < -0.39 is 0 Å². The lowest BCUT2D eigenvalue weighted by Crippen LogP contribution is -2.26. The Balaban J connectivity index is 2.24. The van der Waals surface area contributed by atoms with Crippen LogP contribution in [0, 0.1) is 0 Å². The smallest absolute Gasteiger partial charge is 0.234 e. The van der Waals surface area contributed by atoms with Gasteiger partial charge in [-0.2, -0.15) is 0 Å². The van der Waals surface area contributed by atoms with Crippen LogP contribution in [0.4, 0.5) is 0 Å². The van der Waals surface area contributed by atoms with Gasteiger partial charge in [0.15, 0.2) is 0 Å². The van der Waals surface area contributed by atoms with Crippen molar-refractivity contribution in [3.8, 4) is 0 Å². The van der Waals surface area contributed by atoms with Crippen molar-refractivity contribution in [3.05, 3.63) is 18.2 Å². The van der Waals surface area contributed by atoms with Crippen molar-refractivity contribution in [2.24, 2.45) is 7.05 Å². The van der Waals surface area contributed by atoms with Crippen molar-refractivity contribution < 1.29 is 4.79 Å². The van der Waals surface area contributed by atoms with Gasteiger partial charge in [0.2, 0.25) is 5.91 Å². The normalized spacial score (nSPS) is 10.0. The first kappa shape index (κ1) is 10.1. The van der Waals surface area contributed by atoms with Crippen molar-refractivity contribution in [2.75, 3.05) is 12.4 Å². The number of rotatable bonds is 4. The minimum atomic E-state index is -0.141.